The maximum Gasteiger partial charge on any atom is 0.416 e. The number of hydrogen-bond acceptors (Lipinski definition) is 8. The Labute approximate surface area is 185 Å². The summed E-state index contributed by atoms with van der Waals surface area (Å²) in [5.74, 6) is -3.32. The largest absolute Gasteiger partial charge is 0.504 e. The van der Waals surface area contributed by atoms with Gasteiger partial charge in [0.2, 0.25) is 0 Å². The lowest BCUT2D eigenvalue weighted by atomic mass is 10.2. The third-order valence-electron chi connectivity index (χ3n) is 4.31. The highest BCUT2D eigenvalue weighted by atomic mass is 32.3. The van der Waals surface area contributed by atoms with Gasteiger partial charge in [-0.2, -0.15) is 16.9 Å². The molecule has 0 bridgehead atoms. The number of aromatic hydroxyl groups is 4. The van der Waals surface area contributed by atoms with Gasteiger partial charge in [-0.15, -0.1) is 0 Å². The monoisotopic (exact) mass is 505 g/mol. The van der Waals surface area contributed by atoms with Crippen LogP contribution in [0.2, 0.25) is 0 Å². The van der Waals surface area contributed by atoms with Crippen molar-refractivity contribution in [1.29, 1.82) is 0 Å². The molecule has 3 aromatic rings. The second kappa shape index (κ2) is 8.04. The van der Waals surface area contributed by atoms with Crippen molar-refractivity contribution < 1.29 is 50.4 Å². The van der Waals surface area contributed by atoms with E-state index in [0.29, 0.717) is 18.2 Å². The zero-order valence-electron chi connectivity index (χ0n) is 16.1. The van der Waals surface area contributed by atoms with Crippen LogP contribution in [0.3, 0.4) is 0 Å². The molecule has 0 amide bonds. The van der Waals surface area contributed by atoms with Crippen molar-refractivity contribution >= 4 is 25.7 Å². The Morgan fingerprint density at radius 3 is 1.48 bits per heavy atom. The summed E-state index contributed by atoms with van der Waals surface area (Å²) in [5, 5.41) is 38.2. The van der Waals surface area contributed by atoms with Gasteiger partial charge in [-0.25, -0.2) is 16.8 Å². The molecule has 3 rings (SSSR count). The molecule has 0 saturated heterocycles. The number of phenolic OH excluding ortho intramolecular Hbond substituents is 4. The van der Waals surface area contributed by atoms with Gasteiger partial charge in [0.15, 0.2) is 23.0 Å². The van der Waals surface area contributed by atoms with Crippen LogP contribution in [0.4, 0.5) is 18.9 Å². The summed E-state index contributed by atoms with van der Waals surface area (Å²) in [6.45, 7) is 0. The Balaban J connectivity index is 2.34. The fraction of sp³-hybridized carbons (Fsp3) is 0.0526. The third-order valence-corrected chi connectivity index (χ3v) is 8.48. The number of benzene rings is 3. The number of nitrogens with zero attached hydrogens (tertiary/aromatic N) is 1. The molecule has 33 heavy (non-hydrogen) atoms. The molecular formula is C19H14F3NO8S2. The summed E-state index contributed by atoms with van der Waals surface area (Å²) in [7, 11) is -10.4. The summed E-state index contributed by atoms with van der Waals surface area (Å²) in [6.07, 6.45) is -4.94. The van der Waals surface area contributed by atoms with Gasteiger partial charge in [-0.1, -0.05) is 6.07 Å². The zero-order chi connectivity index (χ0) is 24.8. The number of sulfonamides is 2. The second-order valence-electron chi connectivity index (χ2n) is 6.56. The molecular weight excluding hydrogens is 491 g/mol. The molecule has 0 aromatic heterocycles. The van der Waals surface area contributed by atoms with Gasteiger partial charge < -0.3 is 20.4 Å². The summed E-state index contributed by atoms with van der Waals surface area (Å²) in [4.78, 5) is -1.75. The van der Waals surface area contributed by atoms with E-state index >= 15 is 0 Å². The van der Waals surface area contributed by atoms with Crippen LogP contribution in [0, 0.1) is 0 Å². The molecule has 3 aromatic carbocycles. The van der Waals surface area contributed by atoms with Crippen molar-refractivity contribution in [1.82, 2.24) is 0 Å². The first-order valence-corrected chi connectivity index (χ1v) is 11.6. The smallest absolute Gasteiger partial charge is 0.416 e. The molecule has 0 aliphatic heterocycles. The molecule has 0 heterocycles. The van der Waals surface area contributed by atoms with Gasteiger partial charge >= 0.3 is 6.18 Å². The lowest BCUT2D eigenvalue weighted by Gasteiger charge is -2.25. The number of anilines is 1. The minimum atomic E-state index is -5.22. The van der Waals surface area contributed by atoms with Crippen molar-refractivity contribution in [3.63, 3.8) is 0 Å². The average Bonchev–Trinajstić information content (AvgIpc) is 2.71. The van der Waals surface area contributed by atoms with E-state index in [4.69, 9.17) is 0 Å². The molecule has 0 spiro atoms. The first-order chi connectivity index (χ1) is 15.2. The molecule has 176 valence electrons. The minimum absolute atomic E-state index is 0.287. The van der Waals surface area contributed by atoms with Crippen molar-refractivity contribution in [2.24, 2.45) is 0 Å². The number of alkyl halides is 3. The van der Waals surface area contributed by atoms with Crippen LogP contribution >= 0.6 is 0 Å². The molecule has 0 fully saturated rings. The van der Waals surface area contributed by atoms with E-state index in [-0.39, 0.29) is 9.78 Å². The topological polar surface area (TPSA) is 152 Å². The Morgan fingerprint density at radius 2 is 1.09 bits per heavy atom. The Bertz CT molecular complexity index is 1360. The van der Waals surface area contributed by atoms with E-state index < -0.39 is 70.3 Å². The average molecular weight is 505 g/mol. The Morgan fingerprint density at radius 1 is 0.636 bits per heavy atom. The molecule has 0 radical (unpaired) electrons. The summed E-state index contributed by atoms with van der Waals surface area (Å²) in [6, 6.07) is 6.43. The van der Waals surface area contributed by atoms with Crippen molar-refractivity contribution in [2.45, 2.75) is 16.0 Å². The van der Waals surface area contributed by atoms with Crippen LogP contribution in [-0.4, -0.2) is 37.3 Å². The first kappa shape index (κ1) is 24.0. The normalized spacial score (nSPS) is 12.5. The van der Waals surface area contributed by atoms with Crippen LogP contribution in [0.1, 0.15) is 5.56 Å². The van der Waals surface area contributed by atoms with E-state index in [1.807, 2.05) is 0 Å². The molecule has 0 aliphatic rings. The predicted octanol–water partition coefficient (Wildman–Crippen LogP) is 3.11. The summed E-state index contributed by atoms with van der Waals surface area (Å²) >= 11 is 0. The maximum atomic E-state index is 13.3. The quantitative estimate of drug-likeness (QED) is 0.386. The van der Waals surface area contributed by atoms with Crippen LogP contribution in [0.5, 0.6) is 23.0 Å². The van der Waals surface area contributed by atoms with Crippen molar-refractivity contribution in [3.05, 3.63) is 66.2 Å². The molecule has 0 saturated carbocycles. The summed E-state index contributed by atoms with van der Waals surface area (Å²) in [5.41, 5.74) is -2.28. The van der Waals surface area contributed by atoms with E-state index in [9.17, 15) is 50.4 Å². The van der Waals surface area contributed by atoms with E-state index in [2.05, 4.69) is 0 Å². The predicted molar refractivity (Wildman–Crippen MR) is 108 cm³/mol. The Hall–Kier alpha value is -3.65. The lowest BCUT2D eigenvalue weighted by molar-refractivity contribution is -0.137. The van der Waals surface area contributed by atoms with E-state index in [0.717, 1.165) is 36.4 Å². The highest BCUT2D eigenvalue weighted by Crippen LogP contribution is 2.38. The lowest BCUT2D eigenvalue weighted by Crippen LogP contribution is -2.37. The Kier molecular flexibility index (Phi) is 5.85. The van der Waals surface area contributed by atoms with Crippen LogP contribution < -0.4 is 3.71 Å². The fourth-order valence-corrected chi connectivity index (χ4v) is 6.44. The fourth-order valence-electron chi connectivity index (χ4n) is 2.72. The van der Waals surface area contributed by atoms with Gasteiger partial charge in [-0.05, 0) is 42.5 Å². The van der Waals surface area contributed by atoms with Crippen LogP contribution in [0.15, 0.2) is 70.5 Å². The zero-order valence-corrected chi connectivity index (χ0v) is 17.7. The second-order valence-corrected chi connectivity index (χ2v) is 10.4. The van der Waals surface area contributed by atoms with Crippen molar-refractivity contribution in [2.75, 3.05) is 3.71 Å². The maximum absolute atomic E-state index is 13.3. The molecule has 9 nitrogen and oxygen atoms in total. The SMILES string of the molecule is O=S(=O)(c1ccc(O)c(O)c1)N(c1cccc(C(F)(F)F)c1)S(=O)(=O)c1ccc(O)c(O)c1. The number of phenols is 4. The number of rotatable bonds is 5. The van der Waals surface area contributed by atoms with Gasteiger partial charge in [0.1, 0.15) is 0 Å². The summed E-state index contributed by atoms with van der Waals surface area (Å²) < 4.78 is 92.5. The number of hydrogen-bond donors (Lipinski definition) is 4. The van der Waals surface area contributed by atoms with Crippen LogP contribution in [-0.2, 0) is 26.2 Å². The van der Waals surface area contributed by atoms with E-state index in [1.165, 1.54) is 0 Å². The highest BCUT2D eigenvalue weighted by molar-refractivity contribution is 8.10. The van der Waals surface area contributed by atoms with Crippen LogP contribution in [0.25, 0.3) is 0 Å². The third kappa shape index (κ3) is 4.47. The molecule has 0 atom stereocenters. The molecule has 14 heteroatoms. The number of halogens is 3. The minimum Gasteiger partial charge on any atom is -0.504 e. The molecule has 0 aliphatic carbocycles. The van der Waals surface area contributed by atoms with Gasteiger partial charge in [0.25, 0.3) is 20.0 Å². The standard InChI is InChI=1S/C19H14F3NO8S2/c20-19(21,22)11-2-1-3-12(8-11)23(32(28,29)13-4-6-15(24)17(26)9-13)33(30,31)14-5-7-16(25)18(27)10-14/h1-10,24-27H. The van der Waals surface area contributed by atoms with E-state index in [1.54, 1.807) is 0 Å². The van der Waals surface area contributed by atoms with Gasteiger partial charge in [0.05, 0.1) is 21.0 Å². The van der Waals surface area contributed by atoms with Crippen molar-refractivity contribution in [3.8, 4) is 23.0 Å². The van der Waals surface area contributed by atoms with Gasteiger partial charge in [0, 0.05) is 12.1 Å². The first-order valence-electron chi connectivity index (χ1n) is 8.67. The van der Waals surface area contributed by atoms with Gasteiger partial charge in [-0.3, -0.25) is 0 Å². The molecule has 4 N–H and O–H groups in total. The highest BCUT2D eigenvalue weighted by Gasteiger charge is 2.39. The molecule has 0 unspecified atom stereocenters.